The number of nitrogens with one attached hydrogen (secondary N) is 1. The Bertz CT molecular complexity index is 193. The van der Waals surface area contributed by atoms with E-state index in [1.807, 2.05) is 0 Å². The van der Waals surface area contributed by atoms with Crippen LogP contribution in [0, 0.1) is 0 Å². The Labute approximate surface area is 88.1 Å². The van der Waals surface area contributed by atoms with Gasteiger partial charge in [0.2, 0.25) is 0 Å². The molecule has 0 amide bonds. The van der Waals surface area contributed by atoms with Gasteiger partial charge in [0.1, 0.15) is 0 Å². The first-order chi connectivity index (χ1) is 6.79. The topological polar surface area (TPSA) is 15.3 Å². The Morgan fingerprint density at radius 2 is 2.14 bits per heavy atom. The van der Waals surface area contributed by atoms with Crippen LogP contribution in [0.15, 0.2) is 0 Å². The second-order valence-electron chi connectivity index (χ2n) is 4.97. The molecule has 0 bridgehead atoms. The van der Waals surface area contributed by atoms with Crippen molar-refractivity contribution in [1.29, 1.82) is 0 Å². The van der Waals surface area contributed by atoms with E-state index in [0.29, 0.717) is 11.6 Å². The van der Waals surface area contributed by atoms with Gasteiger partial charge in [-0.2, -0.15) is 0 Å². The van der Waals surface area contributed by atoms with Gasteiger partial charge < -0.3 is 5.32 Å². The summed E-state index contributed by atoms with van der Waals surface area (Å²) in [5, 5.41) is 3.66. The third-order valence-corrected chi connectivity index (χ3v) is 4.20. The zero-order chi connectivity index (χ0) is 10.0. The highest BCUT2D eigenvalue weighted by Gasteiger charge is 2.45. The second kappa shape index (κ2) is 4.19. The SMILES string of the molecule is CCCN1CCCC12CCCNC2C. The van der Waals surface area contributed by atoms with Crippen molar-refractivity contribution in [2.75, 3.05) is 19.6 Å². The molecule has 82 valence electrons. The average molecular weight is 196 g/mol. The zero-order valence-corrected chi connectivity index (χ0v) is 9.68. The van der Waals surface area contributed by atoms with Gasteiger partial charge in [0.25, 0.3) is 0 Å². The minimum absolute atomic E-state index is 0.522. The monoisotopic (exact) mass is 196 g/mol. The maximum absolute atomic E-state index is 3.66. The smallest absolute Gasteiger partial charge is 0.0360 e. The molecule has 0 aromatic carbocycles. The molecule has 2 nitrogen and oxygen atoms in total. The van der Waals surface area contributed by atoms with Crippen LogP contribution in [0.25, 0.3) is 0 Å². The number of hydrogen-bond acceptors (Lipinski definition) is 2. The summed E-state index contributed by atoms with van der Waals surface area (Å²) in [6.07, 6.45) is 6.91. The molecule has 2 fully saturated rings. The molecular formula is C12H24N2. The van der Waals surface area contributed by atoms with Crippen molar-refractivity contribution in [2.24, 2.45) is 0 Å². The Balaban J connectivity index is 2.10. The van der Waals surface area contributed by atoms with Crippen molar-refractivity contribution < 1.29 is 0 Å². The Morgan fingerprint density at radius 1 is 1.36 bits per heavy atom. The summed E-state index contributed by atoms with van der Waals surface area (Å²) < 4.78 is 0. The third-order valence-electron chi connectivity index (χ3n) is 4.20. The molecule has 2 aliphatic heterocycles. The number of rotatable bonds is 2. The molecule has 0 aromatic heterocycles. The molecule has 0 saturated carbocycles. The van der Waals surface area contributed by atoms with Crippen LogP contribution in [0.2, 0.25) is 0 Å². The molecular weight excluding hydrogens is 172 g/mol. The predicted molar refractivity (Wildman–Crippen MR) is 60.5 cm³/mol. The van der Waals surface area contributed by atoms with Crippen LogP contribution in [0.1, 0.15) is 46.0 Å². The molecule has 0 radical (unpaired) electrons. The number of nitrogens with zero attached hydrogens (tertiary/aromatic N) is 1. The van der Waals surface area contributed by atoms with Crippen molar-refractivity contribution in [3.05, 3.63) is 0 Å². The molecule has 2 aliphatic rings. The summed E-state index contributed by atoms with van der Waals surface area (Å²) in [6.45, 7) is 8.54. The Kier molecular flexibility index (Phi) is 3.13. The van der Waals surface area contributed by atoms with Crippen LogP contribution >= 0.6 is 0 Å². The summed E-state index contributed by atoms with van der Waals surface area (Å²) in [5.74, 6) is 0. The highest BCUT2D eigenvalue weighted by molar-refractivity contribution is 5.04. The minimum atomic E-state index is 0.522. The Morgan fingerprint density at radius 3 is 2.86 bits per heavy atom. The van der Waals surface area contributed by atoms with E-state index in [1.165, 1.54) is 51.7 Å². The molecule has 2 unspecified atom stereocenters. The Hall–Kier alpha value is -0.0800. The van der Waals surface area contributed by atoms with Crippen molar-refractivity contribution >= 4 is 0 Å². The van der Waals surface area contributed by atoms with Gasteiger partial charge in [0, 0.05) is 11.6 Å². The first-order valence-electron chi connectivity index (χ1n) is 6.28. The van der Waals surface area contributed by atoms with E-state index in [0.717, 1.165) is 0 Å². The third kappa shape index (κ3) is 1.59. The lowest BCUT2D eigenvalue weighted by molar-refractivity contribution is 0.0681. The van der Waals surface area contributed by atoms with E-state index in [9.17, 15) is 0 Å². The standard InChI is InChI=1S/C12H24N2/c1-3-9-14-10-5-7-12(14)6-4-8-13-11(12)2/h11,13H,3-10H2,1-2H3. The molecule has 1 spiro atoms. The van der Waals surface area contributed by atoms with Gasteiger partial charge >= 0.3 is 0 Å². The van der Waals surface area contributed by atoms with E-state index in [-0.39, 0.29) is 0 Å². The molecule has 2 heteroatoms. The van der Waals surface area contributed by atoms with Gasteiger partial charge in [-0.15, -0.1) is 0 Å². The van der Waals surface area contributed by atoms with Crippen LogP contribution in [0.4, 0.5) is 0 Å². The highest BCUT2D eigenvalue weighted by Crippen LogP contribution is 2.38. The fourth-order valence-corrected chi connectivity index (χ4v) is 3.45. The molecule has 2 rings (SSSR count). The maximum atomic E-state index is 3.66. The van der Waals surface area contributed by atoms with Crippen molar-refractivity contribution in [3.8, 4) is 0 Å². The first-order valence-corrected chi connectivity index (χ1v) is 6.28. The molecule has 2 atom stereocenters. The maximum Gasteiger partial charge on any atom is 0.0360 e. The summed E-state index contributed by atoms with van der Waals surface area (Å²) >= 11 is 0. The van der Waals surface area contributed by atoms with Crippen LogP contribution in [-0.2, 0) is 0 Å². The highest BCUT2D eigenvalue weighted by atomic mass is 15.3. The molecule has 1 N–H and O–H groups in total. The summed E-state index contributed by atoms with van der Waals surface area (Å²) in [7, 11) is 0. The summed E-state index contributed by atoms with van der Waals surface area (Å²) in [4.78, 5) is 2.75. The first kappa shape index (κ1) is 10.4. The van der Waals surface area contributed by atoms with E-state index in [2.05, 4.69) is 24.1 Å². The lowest BCUT2D eigenvalue weighted by Crippen LogP contribution is -2.60. The lowest BCUT2D eigenvalue weighted by atomic mass is 9.81. The number of likely N-dealkylation sites (tertiary alicyclic amines) is 1. The van der Waals surface area contributed by atoms with E-state index in [1.54, 1.807) is 0 Å². The van der Waals surface area contributed by atoms with Crippen LogP contribution in [0.3, 0.4) is 0 Å². The van der Waals surface area contributed by atoms with Gasteiger partial charge in [0.05, 0.1) is 0 Å². The quantitative estimate of drug-likeness (QED) is 0.727. The number of piperidine rings is 1. The van der Waals surface area contributed by atoms with E-state index in [4.69, 9.17) is 0 Å². The molecule has 2 saturated heterocycles. The molecule has 0 aromatic rings. The second-order valence-corrected chi connectivity index (χ2v) is 4.97. The van der Waals surface area contributed by atoms with Gasteiger partial charge in [-0.25, -0.2) is 0 Å². The lowest BCUT2D eigenvalue weighted by Gasteiger charge is -2.47. The predicted octanol–water partition coefficient (Wildman–Crippen LogP) is 2.00. The summed E-state index contributed by atoms with van der Waals surface area (Å²) in [6, 6.07) is 0.699. The minimum Gasteiger partial charge on any atom is -0.312 e. The normalized spacial score (nSPS) is 39.4. The summed E-state index contributed by atoms with van der Waals surface area (Å²) in [5.41, 5.74) is 0.522. The molecule has 0 aliphatic carbocycles. The van der Waals surface area contributed by atoms with Crippen LogP contribution in [-0.4, -0.2) is 36.1 Å². The van der Waals surface area contributed by atoms with Crippen molar-refractivity contribution in [3.63, 3.8) is 0 Å². The molecule has 14 heavy (non-hydrogen) atoms. The number of hydrogen-bond donors (Lipinski definition) is 1. The average Bonchev–Trinajstić information content (AvgIpc) is 2.57. The van der Waals surface area contributed by atoms with Gasteiger partial charge in [0.15, 0.2) is 0 Å². The van der Waals surface area contributed by atoms with Crippen LogP contribution in [0.5, 0.6) is 0 Å². The van der Waals surface area contributed by atoms with Gasteiger partial charge in [-0.3, -0.25) is 4.90 Å². The molecule has 2 heterocycles. The fraction of sp³-hybridized carbons (Fsp3) is 1.00. The fourth-order valence-electron chi connectivity index (χ4n) is 3.45. The largest absolute Gasteiger partial charge is 0.312 e. The van der Waals surface area contributed by atoms with Gasteiger partial charge in [-0.1, -0.05) is 6.92 Å². The van der Waals surface area contributed by atoms with Gasteiger partial charge in [-0.05, 0) is 58.7 Å². The van der Waals surface area contributed by atoms with E-state index >= 15 is 0 Å². The zero-order valence-electron chi connectivity index (χ0n) is 9.68. The van der Waals surface area contributed by atoms with E-state index < -0.39 is 0 Å². The van der Waals surface area contributed by atoms with Crippen molar-refractivity contribution in [2.45, 2.75) is 57.5 Å². The van der Waals surface area contributed by atoms with Crippen molar-refractivity contribution in [1.82, 2.24) is 10.2 Å². The van der Waals surface area contributed by atoms with Crippen LogP contribution < -0.4 is 5.32 Å².